The van der Waals surface area contributed by atoms with E-state index in [0.717, 1.165) is 13.0 Å². The number of carbonyl (C=O) groups is 1. The maximum Gasteiger partial charge on any atom is 0.317 e. The van der Waals surface area contributed by atoms with E-state index < -0.39 is 5.97 Å². The molecule has 2 atom stereocenters. The fourth-order valence-electron chi connectivity index (χ4n) is 3.56. The van der Waals surface area contributed by atoms with Gasteiger partial charge in [-0.25, -0.2) is 0 Å². The van der Waals surface area contributed by atoms with Crippen molar-refractivity contribution in [3.63, 3.8) is 0 Å². The minimum Gasteiger partial charge on any atom is -0.480 e. The summed E-state index contributed by atoms with van der Waals surface area (Å²) >= 11 is 0. The van der Waals surface area contributed by atoms with E-state index in [-0.39, 0.29) is 12.0 Å². The Balaban J connectivity index is 1.95. The molecular weight excluding hydrogens is 218 g/mol. The molecule has 0 aliphatic heterocycles. The molecule has 1 spiro atoms. The molecule has 2 aliphatic carbocycles. The van der Waals surface area contributed by atoms with Gasteiger partial charge in [0.25, 0.3) is 0 Å². The molecule has 0 heterocycles. The summed E-state index contributed by atoms with van der Waals surface area (Å²) in [6, 6.07) is 0.343. The first-order valence-electron chi connectivity index (χ1n) is 6.76. The molecule has 0 aromatic rings. The summed E-state index contributed by atoms with van der Waals surface area (Å²) in [7, 11) is 0. The lowest BCUT2D eigenvalue weighted by molar-refractivity contribution is -0.154. The van der Waals surface area contributed by atoms with Crippen LogP contribution in [0, 0.1) is 5.41 Å². The second kappa shape index (κ2) is 5.36. The van der Waals surface area contributed by atoms with Crippen molar-refractivity contribution in [2.24, 2.45) is 5.41 Å². The lowest BCUT2D eigenvalue weighted by Crippen LogP contribution is -2.65. The number of hydrogen-bond acceptors (Lipinski definition) is 3. The van der Waals surface area contributed by atoms with Crippen LogP contribution >= 0.6 is 0 Å². The number of aliphatic carboxylic acids is 1. The van der Waals surface area contributed by atoms with E-state index in [2.05, 4.69) is 5.32 Å². The van der Waals surface area contributed by atoms with E-state index in [1.165, 1.54) is 32.1 Å². The number of hydrogen-bond donors (Lipinski definition) is 2. The van der Waals surface area contributed by atoms with Gasteiger partial charge in [0.2, 0.25) is 0 Å². The first-order valence-corrected chi connectivity index (χ1v) is 6.76. The topological polar surface area (TPSA) is 58.6 Å². The maximum absolute atomic E-state index is 10.6. The van der Waals surface area contributed by atoms with Gasteiger partial charge in [-0.1, -0.05) is 19.3 Å². The average molecular weight is 241 g/mol. The first-order chi connectivity index (χ1) is 8.19. The molecule has 17 heavy (non-hydrogen) atoms. The Labute approximate surface area is 103 Å². The Bertz CT molecular complexity index is 274. The van der Waals surface area contributed by atoms with Gasteiger partial charge in [0.05, 0.1) is 12.6 Å². The standard InChI is InChI=1S/C13H23NO3/c1-2-17-11-8-10(14-9-12(15)16)13(11)6-4-3-5-7-13/h10-11,14H,2-9H2,1H3,(H,15,16). The molecule has 0 radical (unpaired) electrons. The summed E-state index contributed by atoms with van der Waals surface area (Å²) in [5.41, 5.74) is 0.226. The van der Waals surface area contributed by atoms with E-state index in [0.29, 0.717) is 12.1 Å². The molecule has 2 fully saturated rings. The number of carboxylic acids is 1. The first kappa shape index (κ1) is 12.8. The molecule has 2 aliphatic rings. The molecular formula is C13H23NO3. The van der Waals surface area contributed by atoms with E-state index in [1.807, 2.05) is 6.92 Å². The van der Waals surface area contributed by atoms with E-state index in [1.54, 1.807) is 0 Å². The van der Waals surface area contributed by atoms with Gasteiger partial charge in [0.15, 0.2) is 0 Å². The van der Waals surface area contributed by atoms with Crippen LogP contribution in [0.4, 0.5) is 0 Å². The third-order valence-corrected chi connectivity index (χ3v) is 4.44. The van der Waals surface area contributed by atoms with Crippen molar-refractivity contribution >= 4 is 5.97 Å². The predicted octanol–water partition coefficient (Wildman–Crippen LogP) is 1.79. The van der Waals surface area contributed by atoms with Crippen LogP contribution in [0.25, 0.3) is 0 Å². The molecule has 2 unspecified atom stereocenters. The van der Waals surface area contributed by atoms with Crippen molar-refractivity contribution in [2.45, 2.75) is 57.6 Å². The quantitative estimate of drug-likeness (QED) is 0.770. The van der Waals surface area contributed by atoms with Crippen LogP contribution in [0.1, 0.15) is 45.4 Å². The van der Waals surface area contributed by atoms with Gasteiger partial charge in [-0.3, -0.25) is 4.79 Å². The summed E-state index contributed by atoms with van der Waals surface area (Å²) in [4.78, 5) is 10.6. The number of ether oxygens (including phenoxy) is 1. The molecule has 0 aromatic heterocycles. The molecule has 4 nitrogen and oxygen atoms in total. The third-order valence-electron chi connectivity index (χ3n) is 4.44. The highest BCUT2D eigenvalue weighted by atomic mass is 16.5. The summed E-state index contributed by atoms with van der Waals surface area (Å²) < 4.78 is 5.82. The highest BCUT2D eigenvalue weighted by Crippen LogP contribution is 2.53. The summed E-state index contributed by atoms with van der Waals surface area (Å²) in [6.45, 7) is 2.87. The Morgan fingerprint density at radius 1 is 1.41 bits per heavy atom. The lowest BCUT2D eigenvalue weighted by atomic mass is 9.55. The minimum absolute atomic E-state index is 0.0747. The Hall–Kier alpha value is -0.610. The maximum atomic E-state index is 10.6. The second-order valence-corrected chi connectivity index (χ2v) is 5.30. The number of rotatable bonds is 5. The smallest absolute Gasteiger partial charge is 0.317 e. The third kappa shape index (κ3) is 2.47. The van der Waals surface area contributed by atoms with E-state index in [4.69, 9.17) is 9.84 Å². The molecule has 4 heteroatoms. The Morgan fingerprint density at radius 2 is 2.12 bits per heavy atom. The average Bonchev–Trinajstić information content (AvgIpc) is 2.33. The molecule has 0 amide bonds. The van der Waals surface area contributed by atoms with Crippen molar-refractivity contribution in [1.29, 1.82) is 0 Å². The van der Waals surface area contributed by atoms with Crippen molar-refractivity contribution in [1.82, 2.24) is 5.32 Å². The molecule has 2 saturated carbocycles. The number of nitrogens with one attached hydrogen (secondary N) is 1. The van der Waals surface area contributed by atoms with Crippen LogP contribution in [0.15, 0.2) is 0 Å². The van der Waals surface area contributed by atoms with Crippen LogP contribution in [0.5, 0.6) is 0 Å². The molecule has 2 rings (SSSR count). The van der Waals surface area contributed by atoms with Crippen molar-refractivity contribution in [3.05, 3.63) is 0 Å². The normalized spacial score (nSPS) is 31.1. The van der Waals surface area contributed by atoms with E-state index >= 15 is 0 Å². The molecule has 0 aromatic carbocycles. The predicted molar refractivity (Wildman–Crippen MR) is 65.0 cm³/mol. The largest absolute Gasteiger partial charge is 0.480 e. The molecule has 0 bridgehead atoms. The second-order valence-electron chi connectivity index (χ2n) is 5.30. The lowest BCUT2D eigenvalue weighted by Gasteiger charge is -2.57. The summed E-state index contributed by atoms with van der Waals surface area (Å²) in [6.07, 6.45) is 7.53. The van der Waals surface area contributed by atoms with Gasteiger partial charge >= 0.3 is 5.97 Å². The van der Waals surface area contributed by atoms with Crippen molar-refractivity contribution in [2.75, 3.05) is 13.2 Å². The van der Waals surface area contributed by atoms with Gasteiger partial charge in [-0.2, -0.15) is 0 Å². The fourth-order valence-corrected chi connectivity index (χ4v) is 3.56. The van der Waals surface area contributed by atoms with Crippen LogP contribution in [-0.4, -0.2) is 36.4 Å². The van der Waals surface area contributed by atoms with Gasteiger partial charge in [-0.05, 0) is 26.2 Å². The van der Waals surface area contributed by atoms with Crippen molar-refractivity contribution in [3.8, 4) is 0 Å². The fraction of sp³-hybridized carbons (Fsp3) is 0.923. The Kier molecular flexibility index (Phi) is 4.05. The van der Waals surface area contributed by atoms with E-state index in [9.17, 15) is 4.79 Å². The zero-order chi connectivity index (χ0) is 12.3. The van der Waals surface area contributed by atoms with Crippen LogP contribution < -0.4 is 5.32 Å². The van der Waals surface area contributed by atoms with Crippen molar-refractivity contribution < 1.29 is 14.6 Å². The highest BCUT2D eigenvalue weighted by molar-refractivity contribution is 5.69. The zero-order valence-corrected chi connectivity index (χ0v) is 10.6. The van der Waals surface area contributed by atoms with Gasteiger partial charge < -0.3 is 15.2 Å². The van der Waals surface area contributed by atoms with Gasteiger partial charge in [-0.15, -0.1) is 0 Å². The zero-order valence-electron chi connectivity index (χ0n) is 10.6. The molecule has 0 saturated heterocycles. The van der Waals surface area contributed by atoms with Crippen LogP contribution in [-0.2, 0) is 9.53 Å². The summed E-state index contributed by atoms with van der Waals surface area (Å²) in [5, 5.41) is 11.9. The number of carboxylic acid groups (broad SMARTS) is 1. The molecule has 2 N–H and O–H groups in total. The molecule has 98 valence electrons. The highest BCUT2D eigenvalue weighted by Gasteiger charge is 2.55. The SMILES string of the molecule is CCOC1CC(NCC(=O)O)C12CCCCC2. The van der Waals surface area contributed by atoms with Gasteiger partial charge in [0.1, 0.15) is 0 Å². The Morgan fingerprint density at radius 3 is 2.71 bits per heavy atom. The monoisotopic (exact) mass is 241 g/mol. The minimum atomic E-state index is -0.768. The van der Waals surface area contributed by atoms with Gasteiger partial charge in [0, 0.05) is 18.1 Å². The van der Waals surface area contributed by atoms with Crippen LogP contribution in [0.3, 0.4) is 0 Å². The van der Waals surface area contributed by atoms with Crippen LogP contribution in [0.2, 0.25) is 0 Å². The summed E-state index contributed by atoms with van der Waals surface area (Å²) in [5.74, 6) is -0.768.